The lowest BCUT2D eigenvalue weighted by Gasteiger charge is -2.32. The number of aliphatic imine (C=N–C) groups is 1. The molecule has 0 aromatic carbocycles. The van der Waals surface area contributed by atoms with E-state index >= 15 is 0 Å². The zero-order valence-corrected chi connectivity index (χ0v) is 14.3. The smallest absolute Gasteiger partial charge is 0.351 e. The van der Waals surface area contributed by atoms with Gasteiger partial charge in [0.05, 0.1) is 6.54 Å². The Balaban J connectivity index is 4.71. The number of carbonyl (C=O) groups excluding carboxylic acids is 1. The highest BCUT2D eigenvalue weighted by Gasteiger charge is 2.48. The monoisotopic (exact) mass is 305 g/mol. The molecule has 0 amide bonds. The van der Waals surface area contributed by atoms with Crippen LogP contribution >= 0.6 is 0 Å². The summed E-state index contributed by atoms with van der Waals surface area (Å²) in [5.74, 6) is 0. The molecule has 0 unspecified atom stereocenters. The van der Waals surface area contributed by atoms with Crippen molar-refractivity contribution >= 4 is 15.1 Å². The van der Waals surface area contributed by atoms with Crippen LogP contribution in [0.3, 0.4) is 0 Å². The molecule has 0 fully saturated rings. The van der Waals surface area contributed by atoms with Crippen molar-refractivity contribution in [1.82, 2.24) is 0 Å². The summed E-state index contributed by atoms with van der Waals surface area (Å²) in [6.07, 6.45) is 1.90. The van der Waals surface area contributed by atoms with Gasteiger partial charge in [0, 0.05) is 24.9 Å². The van der Waals surface area contributed by atoms with E-state index in [1.165, 1.54) is 6.08 Å². The van der Waals surface area contributed by atoms with E-state index in [2.05, 4.69) is 4.99 Å². The van der Waals surface area contributed by atoms with Gasteiger partial charge in [0.15, 0.2) is 0 Å². The molecule has 0 heterocycles. The predicted octanol–water partition coefficient (Wildman–Crippen LogP) is 2.44. The molecule has 0 aliphatic rings. The van der Waals surface area contributed by atoms with Crippen LogP contribution in [0, 0.1) is 0 Å². The molecule has 0 bridgehead atoms. The van der Waals surface area contributed by atoms with E-state index in [-0.39, 0.29) is 18.3 Å². The standard InChI is InChI=1S/C13H27NO5Si/c1-11(2)17-20(18-12(3)4,19-13(5)6)16-9-7-8-14-10-15/h11-13H,7-9H2,1-6H3. The Hall–Kier alpha value is -0.563. The second-order valence-electron chi connectivity index (χ2n) is 5.17. The number of isocyanates is 1. The van der Waals surface area contributed by atoms with Crippen molar-refractivity contribution in [1.29, 1.82) is 0 Å². The molecular formula is C13H27NO5Si. The fourth-order valence-corrected chi connectivity index (χ4v) is 3.94. The molecule has 0 radical (unpaired) electrons. The van der Waals surface area contributed by atoms with Crippen LogP contribution in [0.15, 0.2) is 4.99 Å². The molecule has 7 heteroatoms. The normalized spacial score (nSPS) is 12.2. The molecule has 0 aliphatic heterocycles. The molecule has 118 valence electrons. The first-order chi connectivity index (χ1) is 9.31. The third-order valence-corrected chi connectivity index (χ3v) is 4.74. The van der Waals surface area contributed by atoms with Crippen LogP contribution in [0.5, 0.6) is 0 Å². The first-order valence-corrected chi connectivity index (χ1v) is 8.65. The third kappa shape index (κ3) is 9.36. The zero-order valence-electron chi connectivity index (χ0n) is 13.3. The lowest BCUT2D eigenvalue weighted by Crippen LogP contribution is -2.53. The van der Waals surface area contributed by atoms with Crippen molar-refractivity contribution in [3.05, 3.63) is 0 Å². The Bertz CT molecular complexity index is 277. The molecule has 6 nitrogen and oxygen atoms in total. The molecule has 0 aromatic rings. The predicted molar refractivity (Wildman–Crippen MR) is 78.0 cm³/mol. The first kappa shape index (κ1) is 19.4. The number of rotatable bonds is 11. The summed E-state index contributed by atoms with van der Waals surface area (Å²) >= 11 is 0. The minimum Gasteiger partial charge on any atom is -0.351 e. The van der Waals surface area contributed by atoms with E-state index in [0.29, 0.717) is 19.6 Å². The highest BCUT2D eigenvalue weighted by Crippen LogP contribution is 2.19. The van der Waals surface area contributed by atoms with Gasteiger partial charge < -0.3 is 17.7 Å². The van der Waals surface area contributed by atoms with E-state index in [0.717, 1.165) is 0 Å². The van der Waals surface area contributed by atoms with Gasteiger partial charge in [-0.2, -0.15) is 0 Å². The fourth-order valence-electron chi connectivity index (χ4n) is 1.44. The van der Waals surface area contributed by atoms with Gasteiger partial charge in [-0.25, -0.2) is 9.79 Å². The van der Waals surface area contributed by atoms with E-state index in [1.807, 2.05) is 41.5 Å². The van der Waals surface area contributed by atoms with Gasteiger partial charge in [0.2, 0.25) is 6.08 Å². The molecule has 0 aliphatic carbocycles. The van der Waals surface area contributed by atoms with Crippen LogP contribution in [0.2, 0.25) is 0 Å². The first-order valence-electron chi connectivity index (χ1n) is 7.02. The maximum absolute atomic E-state index is 10.0. The summed E-state index contributed by atoms with van der Waals surface area (Å²) in [6, 6.07) is 0. The van der Waals surface area contributed by atoms with E-state index in [1.54, 1.807) is 0 Å². The summed E-state index contributed by atoms with van der Waals surface area (Å²) in [5.41, 5.74) is 0. The molecule has 0 atom stereocenters. The van der Waals surface area contributed by atoms with Gasteiger partial charge >= 0.3 is 9.05 Å². The van der Waals surface area contributed by atoms with Gasteiger partial charge in [0.1, 0.15) is 0 Å². The number of hydrogen-bond donors (Lipinski definition) is 0. The van der Waals surface area contributed by atoms with Gasteiger partial charge in [-0.05, 0) is 48.0 Å². The lowest BCUT2D eigenvalue weighted by atomic mass is 10.5. The SMILES string of the molecule is CC(C)O[Si](OCCCN=C=O)(OC(C)C)OC(C)C. The molecule has 0 saturated heterocycles. The average molecular weight is 305 g/mol. The quantitative estimate of drug-likeness (QED) is 0.254. The Kier molecular flexibility index (Phi) is 9.92. The Labute approximate surface area is 123 Å². The van der Waals surface area contributed by atoms with Crippen LogP contribution in [0.1, 0.15) is 48.0 Å². The maximum Gasteiger partial charge on any atom is 0.680 e. The van der Waals surface area contributed by atoms with Gasteiger partial charge in [0.25, 0.3) is 0 Å². The Morgan fingerprint density at radius 1 is 0.950 bits per heavy atom. The Morgan fingerprint density at radius 3 is 1.75 bits per heavy atom. The summed E-state index contributed by atoms with van der Waals surface area (Å²) < 4.78 is 23.3. The molecule has 0 saturated carbocycles. The molecular weight excluding hydrogens is 278 g/mol. The fraction of sp³-hybridized carbons (Fsp3) is 0.923. The van der Waals surface area contributed by atoms with E-state index in [9.17, 15) is 4.79 Å². The van der Waals surface area contributed by atoms with Crippen molar-refractivity contribution in [3.63, 3.8) is 0 Å². The van der Waals surface area contributed by atoms with Crippen LogP contribution < -0.4 is 0 Å². The van der Waals surface area contributed by atoms with Gasteiger partial charge in [-0.3, -0.25) is 0 Å². The number of nitrogens with zero attached hydrogens (tertiary/aromatic N) is 1. The Morgan fingerprint density at radius 2 is 1.40 bits per heavy atom. The van der Waals surface area contributed by atoms with E-state index < -0.39 is 9.05 Å². The van der Waals surface area contributed by atoms with Crippen LogP contribution in [-0.2, 0) is 22.5 Å². The van der Waals surface area contributed by atoms with Crippen molar-refractivity contribution < 1.29 is 22.5 Å². The van der Waals surface area contributed by atoms with Gasteiger partial charge in [-0.15, -0.1) is 0 Å². The molecule has 0 N–H and O–H groups in total. The summed E-state index contributed by atoms with van der Waals surface area (Å²) in [4.78, 5) is 13.5. The van der Waals surface area contributed by atoms with Gasteiger partial charge in [-0.1, -0.05) is 0 Å². The van der Waals surface area contributed by atoms with Crippen molar-refractivity contribution in [2.45, 2.75) is 66.3 Å². The molecule has 0 rings (SSSR count). The van der Waals surface area contributed by atoms with Crippen molar-refractivity contribution in [2.75, 3.05) is 13.2 Å². The highest BCUT2D eigenvalue weighted by molar-refractivity contribution is 6.53. The van der Waals surface area contributed by atoms with E-state index in [4.69, 9.17) is 17.7 Å². The second-order valence-corrected chi connectivity index (χ2v) is 7.17. The van der Waals surface area contributed by atoms with Crippen LogP contribution in [-0.4, -0.2) is 46.6 Å². The lowest BCUT2D eigenvalue weighted by molar-refractivity contribution is -0.0746. The second kappa shape index (κ2) is 10.2. The topological polar surface area (TPSA) is 66.4 Å². The summed E-state index contributed by atoms with van der Waals surface area (Å²) in [5, 5.41) is 0. The van der Waals surface area contributed by atoms with Crippen LogP contribution in [0.25, 0.3) is 0 Å². The minimum atomic E-state index is -3.19. The minimum absolute atomic E-state index is 0.0628. The van der Waals surface area contributed by atoms with Crippen molar-refractivity contribution in [2.24, 2.45) is 4.99 Å². The number of hydrogen-bond acceptors (Lipinski definition) is 6. The average Bonchev–Trinajstić information content (AvgIpc) is 2.25. The summed E-state index contributed by atoms with van der Waals surface area (Å²) in [7, 11) is -3.19. The molecule has 0 aromatic heterocycles. The highest BCUT2D eigenvalue weighted by atomic mass is 28.4. The summed E-state index contributed by atoms with van der Waals surface area (Å²) in [6.45, 7) is 12.2. The largest absolute Gasteiger partial charge is 0.680 e. The maximum atomic E-state index is 10.0. The third-order valence-electron chi connectivity index (χ3n) is 1.90. The van der Waals surface area contributed by atoms with Crippen molar-refractivity contribution in [3.8, 4) is 0 Å². The zero-order chi connectivity index (χ0) is 15.6. The van der Waals surface area contributed by atoms with Crippen LogP contribution in [0.4, 0.5) is 0 Å². The molecule has 20 heavy (non-hydrogen) atoms. The molecule has 0 spiro atoms.